The van der Waals surface area contributed by atoms with Crippen LogP contribution in [0.4, 0.5) is 0 Å². The van der Waals surface area contributed by atoms with Crippen LogP contribution in [-0.4, -0.2) is 24.5 Å². The van der Waals surface area contributed by atoms with Crippen molar-refractivity contribution in [1.82, 2.24) is 5.32 Å². The number of amides is 1. The van der Waals surface area contributed by atoms with Crippen LogP contribution in [0, 0.1) is 3.57 Å². The molecule has 1 aromatic carbocycles. The highest BCUT2D eigenvalue weighted by Crippen LogP contribution is 2.11. The minimum absolute atomic E-state index is 0.0415. The van der Waals surface area contributed by atoms with Crippen LogP contribution >= 0.6 is 34.4 Å². The largest absolute Gasteiger partial charge is 0.352 e. The number of unbranched alkanes of at least 4 members (excludes halogenated alkanes) is 2. The lowest BCUT2D eigenvalue weighted by Crippen LogP contribution is -2.25. The van der Waals surface area contributed by atoms with Crippen molar-refractivity contribution in [2.24, 2.45) is 0 Å². The Morgan fingerprint density at radius 3 is 2.76 bits per heavy atom. The van der Waals surface area contributed by atoms with Gasteiger partial charge in [-0.25, -0.2) is 0 Å². The van der Waals surface area contributed by atoms with E-state index in [0.717, 1.165) is 22.1 Å². The predicted molar refractivity (Wildman–Crippen MR) is 83.7 cm³/mol. The molecule has 1 rings (SSSR count). The SMILES string of the molecule is CSCCCCCNC(=O)c1ccccc1I. The van der Waals surface area contributed by atoms with E-state index in [9.17, 15) is 4.79 Å². The van der Waals surface area contributed by atoms with Crippen LogP contribution in [0.5, 0.6) is 0 Å². The lowest BCUT2D eigenvalue weighted by Gasteiger charge is -2.06. The molecule has 0 aliphatic rings. The van der Waals surface area contributed by atoms with E-state index in [2.05, 4.69) is 34.2 Å². The minimum Gasteiger partial charge on any atom is -0.352 e. The lowest BCUT2D eigenvalue weighted by molar-refractivity contribution is 0.0952. The van der Waals surface area contributed by atoms with E-state index in [0.29, 0.717) is 0 Å². The molecule has 0 spiro atoms. The summed E-state index contributed by atoms with van der Waals surface area (Å²) in [6.07, 6.45) is 5.61. The molecule has 0 aliphatic heterocycles. The molecular formula is C13H18INOS. The molecule has 1 amide bonds. The molecule has 1 aromatic rings. The van der Waals surface area contributed by atoms with Crippen molar-refractivity contribution in [2.75, 3.05) is 18.6 Å². The predicted octanol–water partition coefficient (Wildman–Crippen LogP) is 3.55. The van der Waals surface area contributed by atoms with Crippen LogP contribution in [0.3, 0.4) is 0 Å². The molecule has 0 saturated heterocycles. The molecule has 0 radical (unpaired) electrons. The van der Waals surface area contributed by atoms with E-state index < -0.39 is 0 Å². The first-order valence-electron chi connectivity index (χ1n) is 5.77. The number of benzene rings is 1. The van der Waals surface area contributed by atoms with Gasteiger partial charge in [-0.15, -0.1) is 0 Å². The summed E-state index contributed by atoms with van der Waals surface area (Å²) in [5, 5.41) is 2.97. The molecule has 0 atom stereocenters. The van der Waals surface area contributed by atoms with Crippen molar-refractivity contribution in [3.63, 3.8) is 0 Å². The third kappa shape index (κ3) is 5.77. The second-order valence-corrected chi connectivity index (χ2v) is 5.94. The zero-order chi connectivity index (χ0) is 12.5. The molecule has 0 fully saturated rings. The summed E-state index contributed by atoms with van der Waals surface area (Å²) in [6.45, 7) is 0.776. The summed E-state index contributed by atoms with van der Waals surface area (Å²) in [5.41, 5.74) is 0.775. The van der Waals surface area contributed by atoms with Crippen molar-refractivity contribution < 1.29 is 4.79 Å². The van der Waals surface area contributed by atoms with E-state index in [-0.39, 0.29) is 5.91 Å². The van der Waals surface area contributed by atoms with Gasteiger partial charge in [0.15, 0.2) is 0 Å². The van der Waals surface area contributed by atoms with Crippen LogP contribution in [0.2, 0.25) is 0 Å². The lowest BCUT2D eigenvalue weighted by atomic mass is 10.2. The summed E-state index contributed by atoms with van der Waals surface area (Å²) >= 11 is 4.07. The van der Waals surface area contributed by atoms with Gasteiger partial charge in [0.2, 0.25) is 0 Å². The molecule has 0 heterocycles. The van der Waals surface area contributed by atoms with Gasteiger partial charge in [0.1, 0.15) is 0 Å². The Bertz CT molecular complexity index is 357. The zero-order valence-electron chi connectivity index (χ0n) is 10.0. The maximum atomic E-state index is 11.8. The first kappa shape index (κ1) is 14.8. The molecule has 1 N–H and O–H groups in total. The second kappa shape index (κ2) is 8.80. The Hall–Kier alpha value is -0.230. The van der Waals surface area contributed by atoms with E-state index in [1.165, 1.54) is 18.6 Å². The Labute approximate surface area is 121 Å². The van der Waals surface area contributed by atoms with Crippen LogP contribution in [-0.2, 0) is 0 Å². The topological polar surface area (TPSA) is 29.1 Å². The summed E-state index contributed by atoms with van der Waals surface area (Å²) in [7, 11) is 0. The zero-order valence-corrected chi connectivity index (χ0v) is 13.0. The van der Waals surface area contributed by atoms with E-state index in [1.807, 2.05) is 36.0 Å². The summed E-state index contributed by atoms with van der Waals surface area (Å²) in [6, 6.07) is 7.66. The molecule has 0 unspecified atom stereocenters. The van der Waals surface area contributed by atoms with Crippen LogP contribution in [0.15, 0.2) is 24.3 Å². The molecule has 2 nitrogen and oxygen atoms in total. The number of nitrogens with one attached hydrogen (secondary N) is 1. The number of thioether (sulfide) groups is 1. The average Bonchev–Trinajstić information content (AvgIpc) is 2.34. The van der Waals surface area contributed by atoms with Crippen molar-refractivity contribution in [1.29, 1.82) is 0 Å². The molecular weight excluding hydrogens is 345 g/mol. The highest BCUT2D eigenvalue weighted by atomic mass is 127. The maximum absolute atomic E-state index is 11.8. The molecule has 17 heavy (non-hydrogen) atoms. The second-order valence-electron chi connectivity index (χ2n) is 3.79. The number of rotatable bonds is 7. The van der Waals surface area contributed by atoms with Crippen molar-refractivity contribution in [2.45, 2.75) is 19.3 Å². The monoisotopic (exact) mass is 363 g/mol. The quantitative estimate of drug-likeness (QED) is 0.593. The normalized spacial score (nSPS) is 10.2. The number of hydrogen-bond donors (Lipinski definition) is 1. The van der Waals surface area contributed by atoms with Crippen molar-refractivity contribution in [3.8, 4) is 0 Å². The Morgan fingerprint density at radius 1 is 1.29 bits per heavy atom. The van der Waals surface area contributed by atoms with Gasteiger partial charge < -0.3 is 5.32 Å². The van der Waals surface area contributed by atoms with Gasteiger partial charge in [0.05, 0.1) is 5.56 Å². The van der Waals surface area contributed by atoms with E-state index in [4.69, 9.17) is 0 Å². The number of hydrogen-bond acceptors (Lipinski definition) is 2. The highest BCUT2D eigenvalue weighted by Gasteiger charge is 2.07. The van der Waals surface area contributed by atoms with Gasteiger partial charge in [-0.2, -0.15) is 11.8 Å². The van der Waals surface area contributed by atoms with E-state index in [1.54, 1.807) is 0 Å². The van der Waals surface area contributed by atoms with Gasteiger partial charge in [-0.3, -0.25) is 4.79 Å². The molecule has 0 bridgehead atoms. The summed E-state index contributed by atoms with van der Waals surface area (Å²) in [4.78, 5) is 11.8. The Kier molecular flexibility index (Phi) is 7.68. The van der Waals surface area contributed by atoms with Crippen LogP contribution in [0.25, 0.3) is 0 Å². The minimum atomic E-state index is 0.0415. The smallest absolute Gasteiger partial charge is 0.252 e. The van der Waals surface area contributed by atoms with Gasteiger partial charge in [0, 0.05) is 10.1 Å². The first-order valence-corrected chi connectivity index (χ1v) is 8.24. The van der Waals surface area contributed by atoms with Crippen molar-refractivity contribution >= 4 is 40.3 Å². The number of carbonyl (C=O) groups is 1. The van der Waals surface area contributed by atoms with Gasteiger partial charge in [-0.05, 0) is 59.6 Å². The first-order chi connectivity index (χ1) is 8.25. The summed E-state index contributed by atoms with van der Waals surface area (Å²) in [5.74, 6) is 1.25. The number of carbonyl (C=O) groups excluding carboxylic acids is 1. The Morgan fingerprint density at radius 2 is 2.06 bits per heavy atom. The standard InChI is InChI=1S/C13H18INOS/c1-17-10-6-2-5-9-15-13(16)11-7-3-4-8-12(11)14/h3-4,7-8H,2,5-6,9-10H2,1H3,(H,15,16). The molecule has 0 aliphatic carbocycles. The maximum Gasteiger partial charge on any atom is 0.252 e. The van der Waals surface area contributed by atoms with Gasteiger partial charge >= 0.3 is 0 Å². The van der Waals surface area contributed by atoms with Crippen molar-refractivity contribution in [3.05, 3.63) is 33.4 Å². The summed E-state index contributed by atoms with van der Waals surface area (Å²) < 4.78 is 1.00. The average molecular weight is 363 g/mol. The van der Waals surface area contributed by atoms with Crippen LogP contribution in [0.1, 0.15) is 29.6 Å². The fourth-order valence-corrected chi connectivity index (χ4v) is 2.62. The Balaban J connectivity index is 2.24. The molecule has 0 saturated carbocycles. The number of halogens is 1. The highest BCUT2D eigenvalue weighted by molar-refractivity contribution is 14.1. The van der Waals surface area contributed by atoms with Gasteiger partial charge in [-0.1, -0.05) is 18.6 Å². The molecule has 94 valence electrons. The van der Waals surface area contributed by atoms with Crippen LogP contribution < -0.4 is 5.32 Å². The van der Waals surface area contributed by atoms with E-state index >= 15 is 0 Å². The fourth-order valence-electron chi connectivity index (χ4n) is 1.49. The van der Waals surface area contributed by atoms with Gasteiger partial charge in [0.25, 0.3) is 5.91 Å². The third-order valence-electron chi connectivity index (χ3n) is 2.43. The third-order valence-corrected chi connectivity index (χ3v) is 4.07. The molecule has 0 aromatic heterocycles. The fraction of sp³-hybridized carbons (Fsp3) is 0.462. The molecule has 4 heteroatoms.